The molecule has 122 valence electrons. The van der Waals surface area contributed by atoms with Crippen LogP contribution in [0, 0.1) is 0 Å². The lowest BCUT2D eigenvalue weighted by atomic mass is 10.2. The third-order valence-electron chi connectivity index (χ3n) is 2.64. The molecule has 0 aliphatic carbocycles. The van der Waals surface area contributed by atoms with Crippen molar-refractivity contribution in [2.24, 2.45) is 5.73 Å². The molecule has 2 aromatic rings. The van der Waals surface area contributed by atoms with Crippen molar-refractivity contribution in [2.45, 2.75) is 12.8 Å². The highest BCUT2D eigenvalue weighted by atomic mass is 35.5. The molecule has 0 aliphatic rings. The predicted octanol–water partition coefficient (Wildman–Crippen LogP) is 3.49. The van der Waals surface area contributed by atoms with Crippen LogP contribution in [0.4, 0.5) is 29.6 Å². The van der Waals surface area contributed by atoms with Crippen molar-refractivity contribution in [3.8, 4) is 0 Å². The van der Waals surface area contributed by atoms with E-state index in [1.807, 2.05) is 0 Å². The molecule has 23 heavy (non-hydrogen) atoms. The number of carbonyl (C=O) groups is 1. The first-order valence-corrected chi connectivity index (χ1v) is 6.51. The van der Waals surface area contributed by atoms with E-state index in [1.54, 1.807) is 24.3 Å². The average molecular weight is 347 g/mol. The van der Waals surface area contributed by atoms with E-state index in [-0.39, 0.29) is 12.6 Å². The van der Waals surface area contributed by atoms with E-state index in [0.29, 0.717) is 17.4 Å². The van der Waals surface area contributed by atoms with E-state index < -0.39 is 23.0 Å². The van der Waals surface area contributed by atoms with Crippen molar-refractivity contribution in [2.75, 3.05) is 5.32 Å². The Balaban J connectivity index is 2.07. The minimum Gasteiger partial charge on any atom is -0.445 e. The fraction of sp³-hybridized carbons (Fsp3) is 0.154. The molecule has 0 atom stereocenters. The van der Waals surface area contributed by atoms with Crippen molar-refractivity contribution < 1.29 is 22.7 Å². The Labute approximate surface area is 133 Å². The molecular formula is C13H10ClF3N4O2. The molecule has 10 heteroatoms. The summed E-state index contributed by atoms with van der Waals surface area (Å²) in [5.74, 6) is -0.0795. The summed E-state index contributed by atoms with van der Waals surface area (Å²) < 4.78 is 42.3. The van der Waals surface area contributed by atoms with Crippen LogP contribution in [0.25, 0.3) is 0 Å². The molecule has 6 nitrogen and oxygen atoms in total. The summed E-state index contributed by atoms with van der Waals surface area (Å²) in [5.41, 5.74) is 4.94. The van der Waals surface area contributed by atoms with E-state index in [0.717, 1.165) is 0 Å². The maximum Gasteiger partial charge on any atom is 0.420 e. The monoisotopic (exact) mass is 346 g/mol. The largest absolute Gasteiger partial charge is 0.445 e. The highest BCUT2D eigenvalue weighted by Crippen LogP contribution is 2.33. The smallest absolute Gasteiger partial charge is 0.420 e. The van der Waals surface area contributed by atoms with E-state index in [9.17, 15) is 18.0 Å². The van der Waals surface area contributed by atoms with Gasteiger partial charge in [0.15, 0.2) is 0 Å². The van der Waals surface area contributed by atoms with Crippen molar-refractivity contribution in [3.63, 3.8) is 0 Å². The molecule has 0 spiro atoms. The Hall–Kier alpha value is -2.55. The Morgan fingerprint density at radius 3 is 2.48 bits per heavy atom. The number of anilines is 2. The zero-order valence-electron chi connectivity index (χ0n) is 11.4. The number of carbonyl (C=O) groups excluding carboxylic acids is 1. The number of rotatable bonds is 4. The van der Waals surface area contributed by atoms with Gasteiger partial charge in [0.1, 0.15) is 17.3 Å². The lowest BCUT2D eigenvalue weighted by Gasteiger charge is -2.10. The molecule has 3 N–H and O–H groups in total. The van der Waals surface area contributed by atoms with E-state index in [1.165, 1.54) is 0 Å². The summed E-state index contributed by atoms with van der Waals surface area (Å²) >= 11 is 5.50. The fourth-order valence-electron chi connectivity index (χ4n) is 1.58. The van der Waals surface area contributed by atoms with Gasteiger partial charge in [0, 0.05) is 11.9 Å². The van der Waals surface area contributed by atoms with Crippen molar-refractivity contribution in [1.82, 2.24) is 9.97 Å². The van der Waals surface area contributed by atoms with Crippen LogP contribution in [0.5, 0.6) is 0 Å². The minimum atomic E-state index is -4.61. The summed E-state index contributed by atoms with van der Waals surface area (Å²) in [4.78, 5) is 17.6. The molecule has 0 saturated carbocycles. The van der Waals surface area contributed by atoms with Gasteiger partial charge < -0.3 is 15.8 Å². The number of nitrogens with two attached hydrogens (primary N) is 1. The van der Waals surface area contributed by atoms with Crippen LogP contribution >= 0.6 is 11.6 Å². The van der Waals surface area contributed by atoms with Crippen LogP contribution in [0.2, 0.25) is 5.15 Å². The molecule has 0 aliphatic heterocycles. The van der Waals surface area contributed by atoms with Crippen LogP contribution in [0.15, 0.2) is 30.5 Å². The maximum absolute atomic E-state index is 12.6. The Morgan fingerprint density at radius 2 is 1.96 bits per heavy atom. The van der Waals surface area contributed by atoms with Gasteiger partial charge in [0.25, 0.3) is 0 Å². The molecular weight excluding hydrogens is 337 g/mol. The second kappa shape index (κ2) is 6.69. The quantitative estimate of drug-likeness (QED) is 0.827. The van der Waals surface area contributed by atoms with Crippen LogP contribution < -0.4 is 11.1 Å². The van der Waals surface area contributed by atoms with E-state index >= 15 is 0 Å². The second-order valence-electron chi connectivity index (χ2n) is 4.33. The van der Waals surface area contributed by atoms with Gasteiger partial charge in [0.2, 0.25) is 5.95 Å². The lowest BCUT2D eigenvalue weighted by Crippen LogP contribution is -2.12. The molecule has 0 fully saturated rings. The molecule has 0 unspecified atom stereocenters. The number of ether oxygens (including phenoxy) is 1. The van der Waals surface area contributed by atoms with E-state index in [2.05, 4.69) is 20.0 Å². The Bertz CT molecular complexity index is 707. The SMILES string of the molecule is NC(=O)OCc1ccc(Nc2ncc(C(F)(F)F)c(Cl)n2)cc1. The number of primary amides is 1. The number of halogens is 4. The molecule has 0 saturated heterocycles. The van der Waals surface area contributed by atoms with E-state index in [4.69, 9.17) is 17.3 Å². The molecule has 1 amide bonds. The maximum atomic E-state index is 12.6. The molecule has 0 bridgehead atoms. The Morgan fingerprint density at radius 1 is 1.30 bits per heavy atom. The van der Waals surface area contributed by atoms with Gasteiger partial charge in [-0.25, -0.2) is 14.8 Å². The van der Waals surface area contributed by atoms with Crippen LogP contribution in [-0.4, -0.2) is 16.1 Å². The van der Waals surface area contributed by atoms with Gasteiger partial charge in [-0.3, -0.25) is 0 Å². The van der Waals surface area contributed by atoms with Crippen LogP contribution in [0.1, 0.15) is 11.1 Å². The third kappa shape index (κ3) is 4.71. The van der Waals surface area contributed by atoms with Gasteiger partial charge in [-0.1, -0.05) is 23.7 Å². The van der Waals surface area contributed by atoms with Crippen molar-refractivity contribution in [1.29, 1.82) is 0 Å². The topological polar surface area (TPSA) is 90.1 Å². The summed E-state index contributed by atoms with van der Waals surface area (Å²) in [5, 5.41) is 2.02. The standard InChI is InChI=1S/C13H10ClF3N4O2/c14-10-9(13(15,16)17)5-19-12(21-10)20-8-3-1-7(2-4-8)6-23-11(18)22/h1-5H,6H2,(H2,18,22)(H,19,20,21). The number of hydrogen-bond donors (Lipinski definition) is 2. The molecule has 1 aromatic carbocycles. The van der Waals surface area contributed by atoms with Gasteiger partial charge in [-0.15, -0.1) is 0 Å². The zero-order chi connectivity index (χ0) is 17.0. The first-order valence-electron chi connectivity index (χ1n) is 6.13. The Kier molecular flexibility index (Phi) is 4.89. The fourth-order valence-corrected chi connectivity index (χ4v) is 1.82. The minimum absolute atomic E-state index is 0.0121. The molecule has 1 heterocycles. The predicted molar refractivity (Wildman–Crippen MR) is 76.1 cm³/mol. The first kappa shape index (κ1) is 16.8. The van der Waals surface area contributed by atoms with Gasteiger partial charge in [-0.05, 0) is 17.7 Å². The van der Waals surface area contributed by atoms with Gasteiger partial charge in [-0.2, -0.15) is 13.2 Å². The van der Waals surface area contributed by atoms with Crippen LogP contribution in [0.3, 0.4) is 0 Å². The van der Waals surface area contributed by atoms with Gasteiger partial charge >= 0.3 is 12.3 Å². The van der Waals surface area contributed by atoms with Gasteiger partial charge in [0.05, 0.1) is 0 Å². The van der Waals surface area contributed by atoms with Crippen molar-refractivity contribution >= 4 is 29.3 Å². The number of alkyl halides is 3. The van der Waals surface area contributed by atoms with Crippen LogP contribution in [-0.2, 0) is 17.5 Å². The summed E-state index contributed by atoms with van der Waals surface area (Å²) in [7, 11) is 0. The summed E-state index contributed by atoms with van der Waals surface area (Å²) in [6.07, 6.45) is -4.90. The molecule has 2 rings (SSSR count). The zero-order valence-corrected chi connectivity index (χ0v) is 12.1. The first-order chi connectivity index (χ1) is 10.8. The normalized spacial score (nSPS) is 11.1. The number of hydrogen-bond acceptors (Lipinski definition) is 5. The third-order valence-corrected chi connectivity index (χ3v) is 2.93. The lowest BCUT2D eigenvalue weighted by molar-refractivity contribution is -0.137. The molecule has 0 radical (unpaired) electrons. The molecule has 1 aromatic heterocycles. The highest BCUT2D eigenvalue weighted by molar-refractivity contribution is 6.30. The number of nitrogens with zero attached hydrogens (tertiary/aromatic N) is 2. The van der Waals surface area contributed by atoms with Crippen molar-refractivity contribution in [3.05, 3.63) is 46.7 Å². The average Bonchev–Trinajstić information content (AvgIpc) is 2.45. The summed E-state index contributed by atoms with van der Waals surface area (Å²) in [6, 6.07) is 6.48. The number of nitrogens with one attached hydrogen (secondary N) is 1. The summed E-state index contributed by atoms with van der Waals surface area (Å²) in [6.45, 7) is 0.0121. The highest BCUT2D eigenvalue weighted by Gasteiger charge is 2.34. The number of amides is 1. The number of benzene rings is 1. The second-order valence-corrected chi connectivity index (χ2v) is 4.68. The number of aromatic nitrogens is 2.